The number of alkyl halides is 3. The molecule has 1 aliphatic rings. The van der Waals surface area contributed by atoms with E-state index >= 15 is 0 Å². The van der Waals surface area contributed by atoms with Gasteiger partial charge in [0.25, 0.3) is 5.91 Å². The average molecular weight is 364 g/mol. The Labute approximate surface area is 149 Å². The molecule has 1 amide bonds. The first-order chi connectivity index (χ1) is 12.4. The lowest BCUT2D eigenvalue weighted by atomic mass is 9.99. The molecule has 2 N–H and O–H groups in total. The number of aliphatic hydroxyl groups is 1. The first kappa shape index (κ1) is 18.4. The Morgan fingerprint density at radius 3 is 2.50 bits per heavy atom. The molecule has 2 aromatic carbocycles. The van der Waals surface area contributed by atoms with Gasteiger partial charge in [-0.25, -0.2) is 0 Å². The van der Waals surface area contributed by atoms with E-state index in [9.17, 15) is 18.0 Å². The molecule has 0 atom stereocenters. The van der Waals surface area contributed by atoms with Gasteiger partial charge in [0.15, 0.2) is 0 Å². The SMILES string of the molecule is O=C(Nc1ccc2c(c1)CN(CCO)CC2)c1ccc(C(F)(F)F)cc1. The van der Waals surface area contributed by atoms with Crippen LogP contribution in [0.2, 0.25) is 0 Å². The minimum absolute atomic E-state index is 0.0969. The summed E-state index contributed by atoms with van der Waals surface area (Å²) in [4.78, 5) is 14.4. The summed E-state index contributed by atoms with van der Waals surface area (Å²) in [7, 11) is 0. The Morgan fingerprint density at radius 2 is 1.85 bits per heavy atom. The molecule has 0 fully saturated rings. The van der Waals surface area contributed by atoms with Gasteiger partial charge in [-0.3, -0.25) is 9.69 Å². The molecular weight excluding hydrogens is 345 g/mol. The van der Waals surface area contributed by atoms with E-state index in [1.165, 1.54) is 17.7 Å². The molecule has 0 aliphatic carbocycles. The highest BCUT2D eigenvalue weighted by Gasteiger charge is 2.30. The van der Waals surface area contributed by atoms with E-state index in [1.54, 1.807) is 6.07 Å². The molecule has 0 saturated carbocycles. The summed E-state index contributed by atoms with van der Waals surface area (Å²) in [6, 6.07) is 9.75. The third-order valence-corrected chi connectivity index (χ3v) is 4.45. The lowest BCUT2D eigenvalue weighted by molar-refractivity contribution is -0.137. The van der Waals surface area contributed by atoms with Gasteiger partial charge in [0.05, 0.1) is 12.2 Å². The lowest BCUT2D eigenvalue weighted by Crippen LogP contribution is -2.32. The van der Waals surface area contributed by atoms with Crippen molar-refractivity contribution in [3.63, 3.8) is 0 Å². The fourth-order valence-electron chi connectivity index (χ4n) is 3.04. The third kappa shape index (κ3) is 4.23. The summed E-state index contributed by atoms with van der Waals surface area (Å²) < 4.78 is 37.8. The Kier molecular flexibility index (Phi) is 5.29. The van der Waals surface area contributed by atoms with Crippen molar-refractivity contribution in [2.24, 2.45) is 0 Å². The number of hydrogen-bond donors (Lipinski definition) is 2. The predicted molar refractivity (Wildman–Crippen MR) is 91.9 cm³/mol. The van der Waals surface area contributed by atoms with Crippen LogP contribution >= 0.6 is 0 Å². The highest BCUT2D eigenvalue weighted by Crippen LogP contribution is 2.29. The molecule has 3 rings (SSSR count). The maximum Gasteiger partial charge on any atom is 0.416 e. The van der Waals surface area contributed by atoms with Crippen LogP contribution < -0.4 is 5.32 Å². The molecule has 138 valence electrons. The van der Waals surface area contributed by atoms with E-state index in [1.807, 2.05) is 12.1 Å². The van der Waals surface area contributed by atoms with Gasteiger partial charge in [-0.15, -0.1) is 0 Å². The molecule has 1 aliphatic heterocycles. The van der Waals surface area contributed by atoms with Crippen LogP contribution in [0.4, 0.5) is 18.9 Å². The van der Waals surface area contributed by atoms with Crippen molar-refractivity contribution in [3.8, 4) is 0 Å². The maximum atomic E-state index is 12.6. The average Bonchev–Trinajstić information content (AvgIpc) is 2.61. The second-order valence-electron chi connectivity index (χ2n) is 6.26. The van der Waals surface area contributed by atoms with E-state index < -0.39 is 17.6 Å². The van der Waals surface area contributed by atoms with Crippen molar-refractivity contribution in [3.05, 3.63) is 64.7 Å². The molecule has 0 unspecified atom stereocenters. The van der Waals surface area contributed by atoms with Crippen molar-refractivity contribution >= 4 is 11.6 Å². The van der Waals surface area contributed by atoms with Crippen LogP contribution in [-0.2, 0) is 19.1 Å². The minimum Gasteiger partial charge on any atom is -0.395 e. The van der Waals surface area contributed by atoms with Crippen LogP contribution in [0.25, 0.3) is 0 Å². The zero-order valence-corrected chi connectivity index (χ0v) is 14.0. The molecule has 26 heavy (non-hydrogen) atoms. The quantitative estimate of drug-likeness (QED) is 0.875. The van der Waals surface area contributed by atoms with Gasteiger partial charge in [0.2, 0.25) is 0 Å². The maximum absolute atomic E-state index is 12.6. The van der Waals surface area contributed by atoms with Crippen LogP contribution in [0.5, 0.6) is 0 Å². The molecule has 2 aromatic rings. The number of nitrogens with one attached hydrogen (secondary N) is 1. The van der Waals surface area contributed by atoms with E-state index in [0.29, 0.717) is 18.8 Å². The number of carbonyl (C=O) groups excluding carboxylic acids is 1. The molecular formula is C19H19F3N2O2. The van der Waals surface area contributed by atoms with E-state index in [0.717, 1.165) is 30.7 Å². The number of amides is 1. The van der Waals surface area contributed by atoms with Crippen molar-refractivity contribution < 1.29 is 23.1 Å². The largest absolute Gasteiger partial charge is 0.416 e. The van der Waals surface area contributed by atoms with Gasteiger partial charge in [-0.2, -0.15) is 13.2 Å². The Hall–Kier alpha value is -2.38. The summed E-state index contributed by atoms with van der Waals surface area (Å²) in [6.07, 6.45) is -3.55. The fourth-order valence-corrected chi connectivity index (χ4v) is 3.04. The molecule has 0 aromatic heterocycles. The summed E-state index contributed by atoms with van der Waals surface area (Å²) >= 11 is 0. The minimum atomic E-state index is -4.42. The van der Waals surface area contributed by atoms with Gasteiger partial charge < -0.3 is 10.4 Å². The first-order valence-electron chi connectivity index (χ1n) is 8.30. The number of benzene rings is 2. The fraction of sp³-hybridized carbons (Fsp3) is 0.316. The number of aliphatic hydroxyl groups excluding tert-OH is 1. The third-order valence-electron chi connectivity index (χ3n) is 4.45. The molecule has 4 nitrogen and oxygen atoms in total. The number of hydrogen-bond acceptors (Lipinski definition) is 3. The van der Waals surface area contributed by atoms with Crippen molar-refractivity contribution in [1.29, 1.82) is 0 Å². The Morgan fingerprint density at radius 1 is 1.12 bits per heavy atom. The zero-order chi connectivity index (χ0) is 18.7. The van der Waals surface area contributed by atoms with E-state index in [2.05, 4.69) is 10.2 Å². The summed E-state index contributed by atoms with van der Waals surface area (Å²) in [6.45, 7) is 2.27. The summed E-state index contributed by atoms with van der Waals surface area (Å²) in [5, 5.41) is 11.8. The molecule has 0 radical (unpaired) electrons. The number of halogens is 3. The molecule has 0 saturated heterocycles. The van der Waals surface area contributed by atoms with E-state index in [-0.39, 0.29) is 12.2 Å². The summed E-state index contributed by atoms with van der Waals surface area (Å²) in [5.41, 5.74) is 2.26. The standard InChI is InChI=1S/C19H19F3N2O2/c20-19(21,22)16-4-1-14(2-5-16)18(26)23-17-6-3-13-7-8-24(9-10-25)12-15(13)11-17/h1-6,11,25H,7-10,12H2,(H,23,26). The Balaban J connectivity index is 1.71. The monoisotopic (exact) mass is 364 g/mol. The van der Waals surface area contributed by atoms with Crippen molar-refractivity contribution in [2.45, 2.75) is 19.1 Å². The lowest BCUT2D eigenvalue weighted by Gasteiger charge is -2.28. The molecule has 0 bridgehead atoms. The van der Waals surface area contributed by atoms with Crippen LogP contribution in [-0.4, -0.2) is 35.6 Å². The van der Waals surface area contributed by atoms with Gasteiger partial charge in [-0.05, 0) is 53.9 Å². The highest BCUT2D eigenvalue weighted by molar-refractivity contribution is 6.04. The van der Waals surface area contributed by atoms with Crippen LogP contribution in [0, 0.1) is 0 Å². The molecule has 1 heterocycles. The highest BCUT2D eigenvalue weighted by atomic mass is 19.4. The zero-order valence-electron chi connectivity index (χ0n) is 14.0. The topological polar surface area (TPSA) is 52.6 Å². The first-order valence-corrected chi connectivity index (χ1v) is 8.30. The number of anilines is 1. The smallest absolute Gasteiger partial charge is 0.395 e. The van der Waals surface area contributed by atoms with Gasteiger partial charge in [0, 0.05) is 30.9 Å². The number of carbonyl (C=O) groups is 1. The van der Waals surface area contributed by atoms with Crippen molar-refractivity contribution in [1.82, 2.24) is 4.90 Å². The Bertz CT molecular complexity index is 788. The van der Waals surface area contributed by atoms with Crippen LogP contribution in [0.15, 0.2) is 42.5 Å². The van der Waals surface area contributed by atoms with Gasteiger partial charge in [-0.1, -0.05) is 6.07 Å². The van der Waals surface area contributed by atoms with Crippen LogP contribution in [0.3, 0.4) is 0 Å². The summed E-state index contributed by atoms with van der Waals surface area (Å²) in [5.74, 6) is -0.457. The molecule has 7 heteroatoms. The van der Waals surface area contributed by atoms with E-state index in [4.69, 9.17) is 5.11 Å². The van der Waals surface area contributed by atoms with Gasteiger partial charge in [0.1, 0.15) is 0 Å². The second-order valence-corrected chi connectivity index (χ2v) is 6.26. The predicted octanol–water partition coefficient (Wildman–Crippen LogP) is 3.31. The number of fused-ring (bicyclic) bond motifs is 1. The number of rotatable bonds is 4. The number of nitrogens with zero attached hydrogens (tertiary/aromatic N) is 1. The second kappa shape index (κ2) is 7.47. The van der Waals surface area contributed by atoms with Crippen molar-refractivity contribution in [2.75, 3.05) is 25.0 Å². The normalized spacial score (nSPS) is 14.8. The van der Waals surface area contributed by atoms with Crippen LogP contribution in [0.1, 0.15) is 27.0 Å². The number of β-amino-alcohol motifs (C(OH)–C–C–N with tert-alkyl or cyclic N) is 1. The van der Waals surface area contributed by atoms with Gasteiger partial charge >= 0.3 is 6.18 Å². The molecule has 0 spiro atoms.